The summed E-state index contributed by atoms with van der Waals surface area (Å²) in [6, 6.07) is 1.86. The van der Waals surface area contributed by atoms with Gasteiger partial charge in [-0.05, 0) is 18.8 Å². The third-order valence-corrected chi connectivity index (χ3v) is 3.45. The molecule has 0 atom stereocenters. The van der Waals surface area contributed by atoms with Crippen molar-refractivity contribution in [3.63, 3.8) is 0 Å². The van der Waals surface area contributed by atoms with E-state index in [1.54, 1.807) is 0 Å². The standard InChI is InChI=1S/C13H23N5/c1-9(2)13-16-11(7-12(17-13)18-14)15-8-10-5-3-4-6-10/h7,9-10H,3-6,8,14H2,1-2H3,(H2,15,16,17,18). The molecule has 1 fully saturated rings. The van der Waals surface area contributed by atoms with Gasteiger partial charge in [0.2, 0.25) is 0 Å². The Balaban J connectivity index is 2.03. The lowest BCUT2D eigenvalue weighted by molar-refractivity contribution is 0.578. The van der Waals surface area contributed by atoms with Crippen LogP contribution < -0.4 is 16.6 Å². The zero-order chi connectivity index (χ0) is 13.0. The van der Waals surface area contributed by atoms with Gasteiger partial charge in [0.15, 0.2) is 0 Å². The van der Waals surface area contributed by atoms with Gasteiger partial charge in [-0.25, -0.2) is 15.8 Å². The molecule has 0 radical (unpaired) electrons. The summed E-state index contributed by atoms with van der Waals surface area (Å²) in [5.41, 5.74) is 2.60. The molecule has 5 heteroatoms. The SMILES string of the molecule is CC(C)c1nc(NN)cc(NCC2CCCC2)n1. The quantitative estimate of drug-likeness (QED) is 0.552. The second kappa shape index (κ2) is 6.00. The highest BCUT2D eigenvalue weighted by molar-refractivity contribution is 5.47. The molecule has 4 N–H and O–H groups in total. The number of hydrogen-bond donors (Lipinski definition) is 3. The van der Waals surface area contributed by atoms with Crippen molar-refractivity contribution in [1.82, 2.24) is 9.97 Å². The number of nitrogens with one attached hydrogen (secondary N) is 2. The average molecular weight is 249 g/mol. The van der Waals surface area contributed by atoms with Crippen molar-refractivity contribution in [2.45, 2.75) is 45.4 Å². The van der Waals surface area contributed by atoms with Crippen LogP contribution in [0.15, 0.2) is 6.07 Å². The predicted octanol–water partition coefficient (Wildman–Crippen LogP) is 2.49. The second-order valence-corrected chi connectivity index (χ2v) is 5.33. The minimum atomic E-state index is 0.297. The number of nitrogen functional groups attached to an aromatic ring is 1. The number of nitrogens with zero attached hydrogens (tertiary/aromatic N) is 2. The summed E-state index contributed by atoms with van der Waals surface area (Å²) >= 11 is 0. The maximum atomic E-state index is 5.44. The fraction of sp³-hybridized carbons (Fsp3) is 0.692. The zero-order valence-electron chi connectivity index (χ0n) is 11.2. The molecule has 0 amide bonds. The number of nitrogens with two attached hydrogens (primary N) is 1. The van der Waals surface area contributed by atoms with Crippen LogP contribution in [0.5, 0.6) is 0 Å². The fourth-order valence-electron chi connectivity index (χ4n) is 2.35. The summed E-state index contributed by atoms with van der Waals surface area (Å²) in [5.74, 6) is 8.88. The van der Waals surface area contributed by atoms with Crippen LogP contribution in [-0.4, -0.2) is 16.5 Å². The van der Waals surface area contributed by atoms with E-state index in [-0.39, 0.29) is 0 Å². The van der Waals surface area contributed by atoms with Crippen LogP contribution in [0.25, 0.3) is 0 Å². The largest absolute Gasteiger partial charge is 0.370 e. The maximum Gasteiger partial charge on any atom is 0.145 e. The Morgan fingerprint density at radius 3 is 2.56 bits per heavy atom. The number of rotatable bonds is 5. The molecule has 0 aromatic carbocycles. The Hall–Kier alpha value is -1.36. The van der Waals surface area contributed by atoms with E-state index < -0.39 is 0 Å². The van der Waals surface area contributed by atoms with E-state index in [0.717, 1.165) is 24.1 Å². The van der Waals surface area contributed by atoms with Crippen molar-refractivity contribution in [3.8, 4) is 0 Å². The minimum Gasteiger partial charge on any atom is -0.370 e. The molecule has 0 bridgehead atoms. The Labute approximate surface area is 109 Å². The fourth-order valence-corrected chi connectivity index (χ4v) is 2.35. The topological polar surface area (TPSA) is 75.9 Å². The molecule has 0 aliphatic heterocycles. The van der Waals surface area contributed by atoms with Gasteiger partial charge in [0.05, 0.1) is 0 Å². The lowest BCUT2D eigenvalue weighted by atomic mass is 10.1. The molecular weight excluding hydrogens is 226 g/mol. The Morgan fingerprint density at radius 1 is 1.28 bits per heavy atom. The molecule has 5 nitrogen and oxygen atoms in total. The van der Waals surface area contributed by atoms with Crippen LogP contribution in [0.2, 0.25) is 0 Å². The number of hydrogen-bond acceptors (Lipinski definition) is 5. The summed E-state index contributed by atoms with van der Waals surface area (Å²) in [4.78, 5) is 8.87. The molecule has 2 rings (SSSR count). The summed E-state index contributed by atoms with van der Waals surface area (Å²) in [5, 5.41) is 3.41. The first kappa shape index (κ1) is 13.1. The molecule has 0 saturated heterocycles. The second-order valence-electron chi connectivity index (χ2n) is 5.33. The first-order valence-electron chi connectivity index (χ1n) is 6.78. The third kappa shape index (κ3) is 3.32. The van der Waals surface area contributed by atoms with Crippen molar-refractivity contribution in [1.29, 1.82) is 0 Å². The van der Waals surface area contributed by atoms with Gasteiger partial charge < -0.3 is 10.7 Å². The Morgan fingerprint density at radius 2 is 1.94 bits per heavy atom. The van der Waals surface area contributed by atoms with Crippen LogP contribution >= 0.6 is 0 Å². The first-order chi connectivity index (χ1) is 8.69. The van der Waals surface area contributed by atoms with Crippen LogP contribution in [0.1, 0.15) is 51.3 Å². The Kier molecular flexibility index (Phi) is 4.36. The molecule has 1 aliphatic carbocycles. The van der Waals surface area contributed by atoms with Gasteiger partial charge in [-0.1, -0.05) is 26.7 Å². The van der Waals surface area contributed by atoms with Crippen LogP contribution in [0, 0.1) is 5.92 Å². The van der Waals surface area contributed by atoms with E-state index in [1.165, 1.54) is 25.7 Å². The minimum absolute atomic E-state index is 0.297. The van der Waals surface area contributed by atoms with E-state index in [0.29, 0.717) is 11.7 Å². The van der Waals surface area contributed by atoms with Crippen molar-refractivity contribution in [2.24, 2.45) is 11.8 Å². The van der Waals surface area contributed by atoms with Gasteiger partial charge in [-0.15, -0.1) is 0 Å². The van der Waals surface area contributed by atoms with Gasteiger partial charge in [-0.2, -0.15) is 0 Å². The highest BCUT2D eigenvalue weighted by atomic mass is 15.3. The van der Waals surface area contributed by atoms with Crippen molar-refractivity contribution in [3.05, 3.63) is 11.9 Å². The van der Waals surface area contributed by atoms with Gasteiger partial charge in [-0.3, -0.25) is 0 Å². The normalized spacial score (nSPS) is 16.2. The first-order valence-corrected chi connectivity index (χ1v) is 6.78. The average Bonchev–Trinajstić information content (AvgIpc) is 2.89. The highest BCUT2D eigenvalue weighted by Gasteiger charge is 2.15. The number of aromatic nitrogens is 2. The monoisotopic (exact) mass is 249 g/mol. The molecular formula is C13H23N5. The molecule has 100 valence electrons. The third-order valence-electron chi connectivity index (χ3n) is 3.45. The van der Waals surface area contributed by atoms with Crippen molar-refractivity contribution in [2.75, 3.05) is 17.3 Å². The molecule has 18 heavy (non-hydrogen) atoms. The van der Waals surface area contributed by atoms with E-state index in [4.69, 9.17) is 5.84 Å². The molecule has 1 aromatic rings. The van der Waals surface area contributed by atoms with E-state index in [2.05, 4.69) is 34.6 Å². The molecule has 0 spiro atoms. The molecule has 1 heterocycles. The van der Waals surface area contributed by atoms with E-state index in [1.807, 2.05) is 6.07 Å². The smallest absolute Gasteiger partial charge is 0.145 e. The summed E-state index contributed by atoms with van der Waals surface area (Å²) in [6.07, 6.45) is 5.39. The lowest BCUT2D eigenvalue weighted by Crippen LogP contribution is -2.15. The summed E-state index contributed by atoms with van der Waals surface area (Å²) in [7, 11) is 0. The molecule has 1 saturated carbocycles. The maximum absolute atomic E-state index is 5.44. The molecule has 1 aliphatic rings. The summed E-state index contributed by atoms with van der Waals surface area (Å²) in [6.45, 7) is 5.16. The van der Waals surface area contributed by atoms with Crippen LogP contribution in [0.3, 0.4) is 0 Å². The van der Waals surface area contributed by atoms with Gasteiger partial charge in [0, 0.05) is 18.5 Å². The van der Waals surface area contributed by atoms with Gasteiger partial charge in [0.25, 0.3) is 0 Å². The van der Waals surface area contributed by atoms with Crippen molar-refractivity contribution < 1.29 is 0 Å². The zero-order valence-corrected chi connectivity index (χ0v) is 11.2. The van der Waals surface area contributed by atoms with Crippen LogP contribution in [0.4, 0.5) is 11.6 Å². The number of hydrazine groups is 1. The highest BCUT2D eigenvalue weighted by Crippen LogP contribution is 2.25. The van der Waals surface area contributed by atoms with E-state index in [9.17, 15) is 0 Å². The van der Waals surface area contributed by atoms with Gasteiger partial charge in [0.1, 0.15) is 17.5 Å². The molecule has 1 aromatic heterocycles. The number of anilines is 2. The molecule has 0 unspecified atom stereocenters. The predicted molar refractivity (Wildman–Crippen MR) is 74.4 cm³/mol. The van der Waals surface area contributed by atoms with Crippen molar-refractivity contribution >= 4 is 11.6 Å². The Bertz CT molecular complexity index is 385. The summed E-state index contributed by atoms with van der Waals surface area (Å²) < 4.78 is 0. The van der Waals surface area contributed by atoms with Crippen LogP contribution in [-0.2, 0) is 0 Å². The van der Waals surface area contributed by atoms with Gasteiger partial charge >= 0.3 is 0 Å². The van der Waals surface area contributed by atoms with E-state index >= 15 is 0 Å². The lowest BCUT2D eigenvalue weighted by Gasteiger charge is -2.14.